The van der Waals surface area contributed by atoms with Gasteiger partial charge < -0.3 is 14.7 Å². The second kappa shape index (κ2) is 8.04. The molecule has 2 aromatic rings. The van der Waals surface area contributed by atoms with Gasteiger partial charge in [-0.1, -0.05) is 36.6 Å². The summed E-state index contributed by atoms with van der Waals surface area (Å²) in [5.41, 5.74) is 2.46. The average Bonchev–Trinajstić information content (AvgIpc) is 3.40. The number of hydrogen-bond acceptors (Lipinski definition) is 4. The summed E-state index contributed by atoms with van der Waals surface area (Å²) in [5.74, 6) is -0.483. The number of fused-ring (bicyclic) bond motifs is 1. The van der Waals surface area contributed by atoms with Crippen LogP contribution in [0.4, 0.5) is 0 Å². The van der Waals surface area contributed by atoms with Gasteiger partial charge in [0.15, 0.2) is 0 Å². The van der Waals surface area contributed by atoms with Crippen molar-refractivity contribution in [3.63, 3.8) is 0 Å². The third kappa shape index (κ3) is 3.51. The Balaban J connectivity index is 1.64. The summed E-state index contributed by atoms with van der Waals surface area (Å²) >= 11 is 6.08. The van der Waals surface area contributed by atoms with E-state index in [4.69, 9.17) is 16.3 Å². The van der Waals surface area contributed by atoms with Crippen LogP contribution < -0.4 is 4.74 Å². The molecule has 2 heterocycles. The zero-order valence-electron chi connectivity index (χ0n) is 17.1. The number of aryl methyl sites for hydroxylation is 1. The fourth-order valence-corrected chi connectivity index (χ4v) is 5.17. The van der Waals surface area contributed by atoms with Gasteiger partial charge in [-0.2, -0.15) is 0 Å². The van der Waals surface area contributed by atoms with Crippen molar-refractivity contribution in [1.29, 1.82) is 0 Å². The fourth-order valence-electron chi connectivity index (χ4n) is 5.04. The molecule has 31 heavy (non-hydrogen) atoms. The van der Waals surface area contributed by atoms with E-state index in [9.17, 15) is 14.7 Å². The van der Waals surface area contributed by atoms with Gasteiger partial charge in [0.25, 0.3) is 11.7 Å². The Labute approximate surface area is 186 Å². The van der Waals surface area contributed by atoms with E-state index in [2.05, 4.69) is 0 Å². The highest BCUT2D eigenvalue weighted by atomic mass is 35.5. The lowest BCUT2D eigenvalue weighted by Gasteiger charge is -2.30. The number of rotatable bonds is 3. The quantitative estimate of drug-likeness (QED) is 0.415. The second-order valence-corrected chi connectivity index (χ2v) is 8.91. The first-order valence-electron chi connectivity index (χ1n) is 10.9. The number of ketones is 1. The number of nitrogens with zero attached hydrogens (tertiary/aromatic N) is 1. The Morgan fingerprint density at radius 2 is 1.77 bits per heavy atom. The molecule has 5 rings (SSSR count). The molecule has 0 bridgehead atoms. The Morgan fingerprint density at radius 1 is 1.03 bits per heavy atom. The minimum absolute atomic E-state index is 0.000592. The molecule has 1 atom stereocenters. The van der Waals surface area contributed by atoms with Crippen LogP contribution in [-0.4, -0.2) is 34.3 Å². The maximum Gasteiger partial charge on any atom is 0.295 e. The highest BCUT2D eigenvalue weighted by Gasteiger charge is 2.49. The van der Waals surface area contributed by atoms with Crippen LogP contribution >= 0.6 is 11.6 Å². The lowest BCUT2D eigenvalue weighted by atomic mass is 9.93. The summed E-state index contributed by atoms with van der Waals surface area (Å²) in [6.45, 7) is 0.682. The molecule has 1 aliphatic carbocycles. The van der Waals surface area contributed by atoms with Gasteiger partial charge in [0.2, 0.25) is 0 Å². The minimum Gasteiger partial charge on any atom is -0.507 e. The van der Waals surface area contributed by atoms with Crippen molar-refractivity contribution in [2.75, 3.05) is 6.61 Å². The largest absolute Gasteiger partial charge is 0.507 e. The van der Waals surface area contributed by atoms with Gasteiger partial charge >= 0.3 is 0 Å². The van der Waals surface area contributed by atoms with E-state index in [1.54, 1.807) is 23.1 Å². The molecule has 2 aliphatic heterocycles. The van der Waals surface area contributed by atoms with Gasteiger partial charge in [-0.25, -0.2) is 0 Å². The van der Waals surface area contributed by atoms with Crippen molar-refractivity contribution < 1.29 is 19.4 Å². The third-order valence-electron chi connectivity index (χ3n) is 6.57. The first-order valence-corrected chi connectivity index (χ1v) is 11.2. The number of carbonyl (C=O) groups excluding carboxylic acids is 2. The van der Waals surface area contributed by atoms with Crippen molar-refractivity contribution in [3.8, 4) is 5.75 Å². The maximum absolute atomic E-state index is 13.2. The molecule has 1 saturated heterocycles. The van der Waals surface area contributed by atoms with Crippen LogP contribution in [0.25, 0.3) is 5.76 Å². The Hall–Kier alpha value is -2.79. The van der Waals surface area contributed by atoms with E-state index in [0.717, 1.165) is 55.4 Å². The zero-order valence-corrected chi connectivity index (χ0v) is 17.9. The van der Waals surface area contributed by atoms with Crippen LogP contribution in [-0.2, 0) is 16.0 Å². The van der Waals surface area contributed by atoms with Crippen molar-refractivity contribution in [3.05, 3.63) is 69.8 Å². The standard InChI is InChI=1S/C25H24ClNO4/c26-18-10-7-15(8-11-18)22-21(24(29)25(30)27(22)19-5-1-2-6-19)23(28)17-9-12-20-16(14-17)4-3-13-31-20/h7-12,14,19,22,28H,1-6,13H2/b23-21-. The highest BCUT2D eigenvalue weighted by molar-refractivity contribution is 6.46. The van der Waals surface area contributed by atoms with Gasteiger partial charge in [0, 0.05) is 16.6 Å². The fraction of sp³-hybridized carbons (Fsp3) is 0.360. The molecule has 5 nitrogen and oxygen atoms in total. The van der Waals surface area contributed by atoms with Crippen molar-refractivity contribution >= 4 is 29.1 Å². The lowest BCUT2D eigenvalue weighted by Crippen LogP contribution is -2.37. The number of benzene rings is 2. The van der Waals surface area contributed by atoms with Crippen molar-refractivity contribution in [2.24, 2.45) is 0 Å². The molecule has 6 heteroatoms. The summed E-state index contributed by atoms with van der Waals surface area (Å²) in [7, 11) is 0. The zero-order chi connectivity index (χ0) is 21.5. The van der Waals surface area contributed by atoms with Crippen LogP contribution in [0.3, 0.4) is 0 Å². The minimum atomic E-state index is -0.627. The van der Waals surface area contributed by atoms with E-state index in [1.165, 1.54) is 0 Å². The molecular formula is C25H24ClNO4. The third-order valence-corrected chi connectivity index (χ3v) is 6.82. The molecular weight excluding hydrogens is 414 g/mol. The number of aliphatic hydroxyl groups excluding tert-OH is 1. The van der Waals surface area contributed by atoms with E-state index >= 15 is 0 Å². The molecule has 0 aromatic heterocycles. The van der Waals surface area contributed by atoms with Crippen LogP contribution in [0, 0.1) is 0 Å². The van der Waals surface area contributed by atoms with E-state index in [-0.39, 0.29) is 17.4 Å². The summed E-state index contributed by atoms with van der Waals surface area (Å²) < 4.78 is 5.67. The van der Waals surface area contributed by atoms with Crippen LogP contribution in [0.2, 0.25) is 5.02 Å². The summed E-state index contributed by atoms with van der Waals surface area (Å²) in [4.78, 5) is 28.0. The van der Waals surface area contributed by atoms with Gasteiger partial charge in [0.1, 0.15) is 11.5 Å². The first kappa shape index (κ1) is 20.1. The molecule has 1 unspecified atom stereocenters. The summed E-state index contributed by atoms with van der Waals surface area (Å²) in [6.07, 6.45) is 5.57. The summed E-state index contributed by atoms with van der Waals surface area (Å²) in [5, 5.41) is 11.8. The SMILES string of the molecule is O=C1C(=O)N(C2CCCC2)C(c2ccc(Cl)cc2)/C1=C(/O)c1ccc2c(c1)CCCO2. The van der Waals surface area contributed by atoms with E-state index in [0.29, 0.717) is 17.2 Å². The monoisotopic (exact) mass is 437 g/mol. The predicted octanol–water partition coefficient (Wildman–Crippen LogP) is 5.03. The maximum atomic E-state index is 13.2. The topological polar surface area (TPSA) is 66.8 Å². The van der Waals surface area contributed by atoms with Crippen LogP contribution in [0.5, 0.6) is 5.75 Å². The number of aliphatic hydroxyl groups is 1. The van der Waals surface area contributed by atoms with Gasteiger partial charge in [-0.3, -0.25) is 9.59 Å². The Morgan fingerprint density at radius 3 is 2.52 bits per heavy atom. The predicted molar refractivity (Wildman–Crippen MR) is 118 cm³/mol. The van der Waals surface area contributed by atoms with E-state index < -0.39 is 17.7 Å². The molecule has 3 aliphatic rings. The Kier molecular flexibility index (Phi) is 5.22. The summed E-state index contributed by atoms with van der Waals surface area (Å²) in [6, 6.07) is 12.0. The molecule has 0 radical (unpaired) electrons. The number of ether oxygens (including phenoxy) is 1. The van der Waals surface area contributed by atoms with Gasteiger partial charge in [-0.05, 0) is 67.1 Å². The highest BCUT2D eigenvalue weighted by Crippen LogP contribution is 2.44. The van der Waals surface area contributed by atoms with Crippen LogP contribution in [0.1, 0.15) is 54.8 Å². The Bertz CT molecular complexity index is 1070. The molecule has 1 saturated carbocycles. The normalized spacial score (nSPS) is 23.1. The lowest BCUT2D eigenvalue weighted by molar-refractivity contribution is -0.141. The number of amides is 1. The van der Waals surface area contributed by atoms with Gasteiger partial charge in [0.05, 0.1) is 18.2 Å². The van der Waals surface area contributed by atoms with Crippen molar-refractivity contribution in [1.82, 2.24) is 4.90 Å². The number of hydrogen-bond donors (Lipinski definition) is 1. The number of carbonyl (C=O) groups is 2. The molecule has 2 aromatic carbocycles. The first-order chi connectivity index (χ1) is 15.0. The average molecular weight is 438 g/mol. The second-order valence-electron chi connectivity index (χ2n) is 8.47. The number of Topliss-reactive ketones (excluding diaryl/α,β-unsaturated/α-hetero) is 1. The van der Waals surface area contributed by atoms with Gasteiger partial charge in [-0.15, -0.1) is 0 Å². The number of likely N-dealkylation sites (tertiary alicyclic amines) is 1. The molecule has 1 amide bonds. The molecule has 1 N–H and O–H groups in total. The van der Waals surface area contributed by atoms with Crippen LogP contribution in [0.15, 0.2) is 48.0 Å². The smallest absolute Gasteiger partial charge is 0.295 e. The molecule has 2 fully saturated rings. The molecule has 0 spiro atoms. The van der Waals surface area contributed by atoms with Crippen molar-refractivity contribution in [2.45, 2.75) is 50.6 Å². The number of halogens is 1. The van der Waals surface area contributed by atoms with E-state index in [1.807, 2.05) is 24.3 Å². The molecule has 160 valence electrons.